The van der Waals surface area contributed by atoms with Crippen LogP contribution in [0.4, 0.5) is 4.79 Å². The van der Waals surface area contributed by atoms with Crippen molar-refractivity contribution in [2.45, 2.75) is 45.7 Å². The van der Waals surface area contributed by atoms with Crippen molar-refractivity contribution in [1.82, 2.24) is 25.2 Å². The molecule has 2 aromatic heterocycles. The Kier molecular flexibility index (Phi) is 6.12. The first-order valence-corrected chi connectivity index (χ1v) is 10.9. The second-order valence-electron chi connectivity index (χ2n) is 8.56. The van der Waals surface area contributed by atoms with Crippen molar-refractivity contribution in [2.24, 2.45) is 5.92 Å². The molecule has 0 unspecified atom stereocenters. The van der Waals surface area contributed by atoms with Crippen LogP contribution >= 0.6 is 0 Å². The minimum absolute atomic E-state index is 0.0681. The van der Waals surface area contributed by atoms with Gasteiger partial charge in [-0.15, -0.1) is 0 Å². The molecule has 8 heteroatoms. The third-order valence-corrected chi connectivity index (χ3v) is 6.10. The Morgan fingerprint density at radius 2 is 2.06 bits per heavy atom. The summed E-state index contributed by atoms with van der Waals surface area (Å²) in [6, 6.07) is 7.31. The Morgan fingerprint density at radius 3 is 2.81 bits per heavy atom. The fraction of sp³-hybridized carbons (Fsp3) is 0.417. The SMILES string of the molecule is COC(=O)N[C@H](C(=O)N1CCC[C@H]1c1ncc(-c2ccc(C)c3ncccc23)[nH]1)C(C)C. The predicted molar refractivity (Wildman–Crippen MR) is 122 cm³/mol. The van der Waals surface area contributed by atoms with E-state index in [1.54, 1.807) is 6.20 Å². The number of aromatic amines is 1. The zero-order valence-electron chi connectivity index (χ0n) is 18.9. The van der Waals surface area contributed by atoms with Crippen LogP contribution in [0.3, 0.4) is 0 Å². The van der Waals surface area contributed by atoms with Gasteiger partial charge in [-0.2, -0.15) is 0 Å². The number of likely N-dealkylation sites (tertiary alicyclic amines) is 1. The molecule has 1 saturated heterocycles. The molecule has 32 heavy (non-hydrogen) atoms. The number of H-pyrrole nitrogens is 1. The summed E-state index contributed by atoms with van der Waals surface area (Å²) in [6.07, 6.45) is 4.71. The van der Waals surface area contributed by atoms with Gasteiger partial charge in [-0.25, -0.2) is 9.78 Å². The molecule has 1 aliphatic heterocycles. The van der Waals surface area contributed by atoms with Gasteiger partial charge in [0.05, 0.1) is 30.6 Å². The molecule has 2 atom stereocenters. The number of ether oxygens (including phenoxy) is 1. The second kappa shape index (κ2) is 8.98. The highest BCUT2D eigenvalue weighted by molar-refractivity contribution is 5.95. The van der Waals surface area contributed by atoms with Crippen LogP contribution in [0.25, 0.3) is 22.2 Å². The van der Waals surface area contributed by atoms with Crippen LogP contribution in [0.5, 0.6) is 0 Å². The van der Waals surface area contributed by atoms with Crippen LogP contribution in [0.1, 0.15) is 44.1 Å². The Hall–Kier alpha value is -3.42. The molecule has 4 rings (SSSR count). The van der Waals surface area contributed by atoms with E-state index in [1.165, 1.54) is 7.11 Å². The average molecular weight is 436 g/mol. The number of aromatic nitrogens is 3. The van der Waals surface area contributed by atoms with Gasteiger partial charge in [-0.05, 0) is 37.3 Å². The Balaban J connectivity index is 1.62. The van der Waals surface area contributed by atoms with Crippen molar-refractivity contribution < 1.29 is 14.3 Å². The van der Waals surface area contributed by atoms with Gasteiger partial charge < -0.3 is 19.9 Å². The number of amides is 2. The second-order valence-corrected chi connectivity index (χ2v) is 8.56. The van der Waals surface area contributed by atoms with Gasteiger partial charge in [0.1, 0.15) is 11.9 Å². The quantitative estimate of drug-likeness (QED) is 0.631. The maximum absolute atomic E-state index is 13.3. The molecule has 2 amide bonds. The monoisotopic (exact) mass is 435 g/mol. The minimum atomic E-state index is -0.649. The lowest BCUT2D eigenvalue weighted by Crippen LogP contribution is -2.51. The number of nitrogens with one attached hydrogen (secondary N) is 2. The molecular formula is C24H29N5O3. The summed E-state index contributed by atoms with van der Waals surface area (Å²) in [5.74, 6) is 0.571. The van der Waals surface area contributed by atoms with Gasteiger partial charge in [-0.3, -0.25) is 9.78 Å². The summed E-state index contributed by atoms with van der Waals surface area (Å²) < 4.78 is 4.71. The normalized spacial score (nSPS) is 17.0. The molecule has 1 fully saturated rings. The molecule has 8 nitrogen and oxygen atoms in total. The molecule has 168 valence electrons. The van der Waals surface area contributed by atoms with E-state index >= 15 is 0 Å². The molecule has 1 aliphatic rings. The van der Waals surface area contributed by atoms with Gasteiger partial charge in [-0.1, -0.05) is 32.0 Å². The number of carbonyl (C=O) groups is 2. The third kappa shape index (κ3) is 4.04. The number of hydrogen-bond donors (Lipinski definition) is 2. The van der Waals surface area contributed by atoms with Crippen LogP contribution in [-0.2, 0) is 9.53 Å². The zero-order chi connectivity index (χ0) is 22.8. The van der Waals surface area contributed by atoms with E-state index in [-0.39, 0.29) is 17.9 Å². The first kappa shape index (κ1) is 21.8. The van der Waals surface area contributed by atoms with Gasteiger partial charge in [0.15, 0.2) is 0 Å². The highest BCUT2D eigenvalue weighted by Gasteiger charge is 2.37. The lowest BCUT2D eigenvalue weighted by atomic mass is 10.0. The van der Waals surface area contributed by atoms with E-state index in [1.807, 2.05) is 37.9 Å². The molecule has 3 heterocycles. The topological polar surface area (TPSA) is 100 Å². The lowest BCUT2D eigenvalue weighted by molar-refractivity contribution is -0.135. The number of rotatable bonds is 5. The van der Waals surface area contributed by atoms with Crippen molar-refractivity contribution >= 4 is 22.9 Å². The van der Waals surface area contributed by atoms with Crippen molar-refractivity contribution in [3.63, 3.8) is 0 Å². The molecule has 0 radical (unpaired) electrons. The molecule has 0 aliphatic carbocycles. The number of methoxy groups -OCH3 is 1. The van der Waals surface area contributed by atoms with E-state index in [9.17, 15) is 9.59 Å². The van der Waals surface area contributed by atoms with Gasteiger partial charge in [0.25, 0.3) is 0 Å². The first-order valence-electron chi connectivity index (χ1n) is 10.9. The molecule has 1 aromatic carbocycles. The number of benzene rings is 1. The zero-order valence-corrected chi connectivity index (χ0v) is 18.9. The van der Waals surface area contributed by atoms with Gasteiger partial charge in [0.2, 0.25) is 5.91 Å². The highest BCUT2D eigenvalue weighted by atomic mass is 16.5. The lowest BCUT2D eigenvalue weighted by Gasteiger charge is -2.30. The maximum atomic E-state index is 13.3. The van der Waals surface area contributed by atoms with Crippen molar-refractivity contribution in [3.8, 4) is 11.3 Å². The molecule has 0 saturated carbocycles. The van der Waals surface area contributed by atoms with E-state index in [0.717, 1.165) is 46.4 Å². The number of hydrogen-bond acceptors (Lipinski definition) is 5. The van der Waals surface area contributed by atoms with Crippen LogP contribution < -0.4 is 5.32 Å². The van der Waals surface area contributed by atoms with Crippen LogP contribution in [0.2, 0.25) is 0 Å². The van der Waals surface area contributed by atoms with Gasteiger partial charge >= 0.3 is 6.09 Å². The highest BCUT2D eigenvalue weighted by Crippen LogP contribution is 2.34. The fourth-order valence-electron chi connectivity index (χ4n) is 4.38. The number of aryl methyl sites for hydroxylation is 1. The number of nitrogens with zero attached hydrogens (tertiary/aromatic N) is 3. The molecule has 0 spiro atoms. The summed E-state index contributed by atoms with van der Waals surface area (Å²) in [4.78, 5) is 39.5. The minimum Gasteiger partial charge on any atom is -0.453 e. The molecule has 3 aromatic rings. The summed E-state index contributed by atoms with van der Waals surface area (Å²) in [5, 5.41) is 3.74. The number of fused-ring (bicyclic) bond motifs is 1. The summed E-state index contributed by atoms with van der Waals surface area (Å²) in [6.45, 7) is 6.49. The first-order chi connectivity index (χ1) is 15.4. The van der Waals surface area contributed by atoms with E-state index < -0.39 is 12.1 Å². The average Bonchev–Trinajstić information content (AvgIpc) is 3.46. The Morgan fingerprint density at radius 1 is 1.25 bits per heavy atom. The molecule has 2 N–H and O–H groups in total. The maximum Gasteiger partial charge on any atom is 0.407 e. The Labute approximate surface area is 187 Å². The van der Waals surface area contributed by atoms with Crippen LogP contribution in [-0.4, -0.2) is 51.5 Å². The third-order valence-electron chi connectivity index (χ3n) is 6.10. The predicted octanol–water partition coefficient (Wildman–Crippen LogP) is 3.98. The van der Waals surface area contributed by atoms with Crippen LogP contribution in [0.15, 0.2) is 36.7 Å². The Bertz CT molecular complexity index is 1140. The fourth-order valence-corrected chi connectivity index (χ4v) is 4.38. The number of pyridine rings is 1. The molecule has 0 bridgehead atoms. The number of imidazole rings is 1. The summed E-state index contributed by atoms with van der Waals surface area (Å²) >= 11 is 0. The smallest absolute Gasteiger partial charge is 0.407 e. The van der Waals surface area contributed by atoms with E-state index in [0.29, 0.717) is 6.54 Å². The van der Waals surface area contributed by atoms with Crippen molar-refractivity contribution in [3.05, 3.63) is 48.0 Å². The summed E-state index contributed by atoms with van der Waals surface area (Å²) in [5.41, 5.74) is 4.01. The van der Waals surface area contributed by atoms with Crippen LogP contribution in [0, 0.1) is 12.8 Å². The largest absolute Gasteiger partial charge is 0.453 e. The summed E-state index contributed by atoms with van der Waals surface area (Å²) in [7, 11) is 1.30. The van der Waals surface area contributed by atoms with Crippen molar-refractivity contribution in [2.75, 3.05) is 13.7 Å². The van der Waals surface area contributed by atoms with Gasteiger partial charge in [0, 0.05) is 23.7 Å². The standard InChI is InChI=1S/C24H29N5O3/c1-14(2)20(28-24(31)32-4)23(30)29-12-6-8-19(29)22-26-13-18(27-22)16-10-9-15(3)21-17(16)7-5-11-25-21/h5,7,9-11,13-14,19-20H,6,8,12H2,1-4H3,(H,26,27)(H,28,31)/t19-,20-/m0/s1. The number of alkyl carbamates (subject to hydrolysis) is 1. The van der Waals surface area contributed by atoms with E-state index in [2.05, 4.69) is 38.5 Å². The molecular weight excluding hydrogens is 406 g/mol. The number of carbonyl (C=O) groups excluding carboxylic acids is 2. The van der Waals surface area contributed by atoms with E-state index in [4.69, 9.17) is 4.74 Å². The van der Waals surface area contributed by atoms with Crippen molar-refractivity contribution in [1.29, 1.82) is 0 Å².